The molecule has 1 N–H and O–H groups in total. The minimum absolute atomic E-state index is 0.124. The molecule has 0 aromatic carbocycles. The summed E-state index contributed by atoms with van der Waals surface area (Å²) in [6.45, 7) is 2.44. The van der Waals surface area contributed by atoms with Gasteiger partial charge in [0.2, 0.25) is 5.91 Å². The highest BCUT2D eigenvalue weighted by molar-refractivity contribution is 5.85. The van der Waals surface area contributed by atoms with Gasteiger partial charge in [-0.2, -0.15) is 0 Å². The highest BCUT2D eigenvalue weighted by Crippen LogP contribution is 2.17. The van der Waals surface area contributed by atoms with Crippen LogP contribution in [0.4, 0.5) is 5.69 Å². The molecular formula is C12H18N4O. The fraction of sp³-hybridized carbons (Fsp3) is 0.500. The number of hydrogen-bond donors (Lipinski definition) is 1. The molecule has 0 aliphatic carbocycles. The Balaban J connectivity index is 2.21. The summed E-state index contributed by atoms with van der Waals surface area (Å²) in [5.74, 6) is 0.133. The SMILES string of the molecule is CN(C)C(=O)C1CNCCN1c1ccncc1. The largest absolute Gasteiger partial charge is 0.357 e. The van der Waals surface area contributed by atoms with Crippen molar-refractivity contribution in [3.63, 3.8) is 0 Å². The number of aromatic nitrogens is 1. The van der Waals surface area contributed by atoms with Crippen LogP contribution in [0.15, 0.2) is 24.5 Å². The van der Waals surface area contributed by atoms with Gasteiger partial charge >= 0.3 is 0 Å². The molecule has 1 unspecified atom stereocenters. The van der Waals surface area contributed by atoms with Crippen molar-refractivity contribution < 1.29 is 4.79 Å². The normalized spacial score (nSPS) is 20.1. The Kier molecular flexibility index (Phi) is 3.58. The second kappa shape index (κ2) is 5.14. The zero-order chi connectivity index (χ0) is 12.3. The van der Waals surface area contributed by atoms with Gasteiger partial charge < -0.3 is 15.1 Å². The standard InChI is InChI=1S/C12H18N4O/c1-15(2)12(17)11-9-14-7-8-16(11)10-3-5-13-6-4-10/h3-6,11,14H,7-9H2,1-2H3. The van der Waals surface area contributed by atoms with Crippen molar-refractivity contribution in [1.82, 2.24) is 15.2 Å². The number of amides is 1. The summed E-state index contributed by atoms with van der Waals surface area (Å²) in [5, 5.41) is 3.27. The Morgan fingerprint density at radius 1 is 1.47 bits per heavy atom. The molecule has 0 spiro atoms. The van der Waals surface area contributed by atoms with E-state index in [0.717, 1.165) is 18.8 Å². The zero-order valence-corrected chi connectivity index (χ0v) is 10.3. The first-order valence-corrected chi connectivity index (χ1v) is 5.78. The number of carbonyl (C=O) groups excluding carboxylic acids is 1. The third-order valence-corrected chi connectivity index (χ3v) is 2.96. The van der Waals surface area contributed by atoms with E-state index < -0.39 is 0 Å². The number of hydrogen-bond acceptors (Lipinski definition) is 4. The molecular weight excluding hydrogens is 216 g/mol. The predicted octanol–water partition coefficient (Wildman–Crippen LogP) is -0.0520. The van der Waals surface area contributed by atoms with Crippen molar-refractivity contribution in [3.8, 4) is 0 Å². The second-order valence-corrected chi connectivity index (χ2v) is 4.35. The third kappa shape index (κ3) is 2.55. The van der Waals surface area contributed by atoms with E-state index in [1.165, 1.54) is 0 Å². The summed E-state index contributed by atoms with van der Waals surface area (Å²) < 4.78 is 0. The summed E-state index contributed by atoms with van der Waals surface area (Å²) in [6.07, 6.45) is 3.52. The summed E-state index contributed by atoms with van der Waals surface area (Å²) >= 11 is 0. The molecule has 92 valence electrons. The van der Waals surface area contributed by atoms with Crippen LogP contribution in [0.25, 0.3) is 0 Å². The maximum absolute atomic E-state index is 12.1. The van der Waals surface area contributed by atoms with Gasteiger partial charge in [-0.05, 0) is 12.1 Å². The second-order valence-electron chi connectivity index (χ2n) is 4.35. The average Bonchev–Trinajstić information content (AvgIpc) is 2.39. The third-order valence-electron chi connectivity index (χ3n) is 2.96. The molecule has 1 amide bonds. The van der Waals surface area contributed by atoms with Crippen LogP contribution in [0, 0.1) is 0 Å². The van der Waals surface area contributed by atoms with Crippen molar-refractivity contribution in [2.75, 3.05) is 38.6 Å². The highest BCUT2D eigenvalue weighted by atomic mass is 16.2. The van der Waals surface area contributed by atoms with E-state index in [1.807, 2.05) is 12.1 Å². The maximum Gasteiger partial charge on any atom is 0.246 e. The Hall–Kier alpha value is -1.62. The maximum atomic E-state index is 12.1. The Morgan fingerprint density at radius 3 is 2.82 bits per heavy atom. The van der Waals surface area contributed by atoms with Gasteiger partial charge in [0.15, 0.2) is 0 Å². The number of carbonyl (C=O) groups is 1. The molecule has 1 aliphatic heterocycles. The molecule has 17 heavy (non-hydrogen) atoms. The molecule has 0 radical (unpaired) electrons. The molecule has 0 saturated carbocycles. The van der Waals surface area contributed by atoms with Gasteiger partial charge in [0.05, 0.1) is 0 Å². The van der Waals surface area contributed by atoms with Gasteiger partial charge in [0.1, 0.15) is 6.04 Å². The number of piperazine rings is 1. The monoisotopic (exact) mass is 234 g/mol. The summed E-state index contributed by atoms with van der Waals surface area (Å²) in [6, 6.07) is 3.77. The van der Waals surface area contributed by atoms with Crippen molar-refractivity contribution in [2.24, 2.45) is 0 Å². The van der Waals surface area contributed by atoms with Crippen molar-refractivity contribution in [3.05, 3.63) is 24.5 Å². The Bertz CT molecular complexity index is 379. The van der Waals surface area contributed by atoms with Gasteiger partial charge in [0, 0.05) is 51.8 Å². The topological polar surface area (TPSA) is 48.5 Å². The van der Waals surface area contributed by atoms with Crippen LogP contribution in [0.3, 0.4) is 0 Å². The molecule has 1 fully saturated rings. The first-order chi connectivity index (χ1) is 8.20. The van der Waals surface area contributed by atoms with Crippen LogP contribution in [-0.4, -0.2) is 55.6 Å². The zero-order valence-electron chi connectivity index (χ0n) is 10.3. The predicted molar refractivity (Wildman–Crippen MR) is 66.9 cm³/mol. The molecule has 1 atom stereocenters. The number of nitrogens with one attached hydrogen (secondary N) is 1. The van der Waals surface area contributed by atoms with E-state index in [-0.39, 0.29) is 11.9 Å². The van der Waals surface area contributed by atoms with Crippen molar-refractivity contribution in [1.29, 1.82) is 0 Å². The van der Waals surface area contributed by atoms with Crippen LogP contribution >= 0.6 is 0 Å². The average molecular weight is 234 g/mol. The van der Waals surface area contributed by atoms with E-state index >= 15 is 0 Å². The molecule has 1 aromatic heterocycles. The van der Waals surface area contributed by atoms with E-state index in [0.29, 0.717) is 6.54 Å². The van der Waals surface area contributed by atoms with Gasteiger partial charge in [0.25, 0.3) is 0 Å². The first-order valence-electron chi connectivity index (χ1n) is 5.78. The fourth-order valence-corrected chi connectivity index (χ4v) is 2.07. The van der Waals surface area contributed by atoms with Crippen LogP contribution < -0.4 is 10.2 Å². The van der Waals surface area contributed by atoms with Crippen LogP contribution in [-0.2, 0) is 4.79 Å². The molecule has 2 rings (SSSR count). The van der Waals surface area contributed by atoms with E-state index in [9.17, 15) is 4.79 Å². The minimum atomic E-state index is -0.124. The van der Waals surface area contributed by atoms with Crippen LogP contribution in [0.2, 0.25) is 0 Å². The molecule has 0 bridgehead atoms. The van der Waals surface area contributed by atoms with Gasteiger partial charge in [-0.25, -0.2) is 0 Å². The summed E-state index contributed by atoms with van der Waals surface area (Å²) in [4.78, 5) is 19.9. The van der Waals surface area contributed by atoms with Crippen LogP contribution in [0.1, 0.15) is 0 Å². The van der Waals surface area contributed by atoms with Crippen LogP contribution in [0.5, 0.6) is 0 Å². The quantitative estimate of drug-likeness (QED) is 0.779. The molecule has 1 aromatic rings. The Morgan fingerprint density at radius 2 is 2.18 bits per heavy atom. The van der Waals surface area contributed by atoms with E-state index in [1.54, 1.807) is 31.4 Å². The molecule has 1 aliphatic rings. The summed E-state index contributed by atoms with van der Waals surface area (Å²) in [5.41, 5.74) is 1.06. The highest BCUT2D eigenvalue weighted by Gasteiger charge is 2.29. The number of anilines is 1. The van der Waals surface area contributed by atoms with Gasteiger partial charge in [-0.1, -0.05) is 0 Å². The van der Waals surface area contributed by atoms with Gasteiger partial charge in [-0.15, -0.1) is 0 Å². The number of nitrogens with zero attached hydrogens (tertiary/aromatic N) is 3. The van der Waals surface area contributed by atoms with Crippen molar-refractivity contribution in [2.45, 2.75) is 6.04 Å². The molecule has 5 heteroatoms. The lowest BCUT2D eigenvalue weighted by molar-refractivity contribution is -0.130. The summed E-state index contributed by atoms with van der Waals surface area (Å²) in [7, 11) is 3.59. The molecule has 5 nitrogen and oxygen atoms in total. The number of likely N-dealkylation sites (N-methyl/N-ethyl adjacent to an activating group) is 1. The lowest BCUT2D eigenvalue weighted by Gasteiger charge is -2.38. The minimum Gasteiger partial charge on any atom is -0.357 e. The fourth-order valence-electron chi connectivity index (χ4n) is 2.07. The smallest absolute Gasteiger partial charge is 0.246 e. The lowest BCUT2D eigenvalue weighted by atomic mass is 10.1. The lowest BCUT2D eigenvalue weighted by Crippen LogP contribution is -2.57. The van der Waals surface area contributed by atoms with Gasteiger partial charge in [-0.3, -0.25) is 9.78 Å². The van der Waals surface area contributed by atoms with E-state index in [4.69, 9.17) is 0 Å². The first kappa shape index (κ1) is 11.9. The number of pyridine rings is 1. The molecule has 2 heterocycles. The number of rotatable bonds is 2. The molecule has 1 saturated heterocycles. The Labute approximate surface area is 101 Å². The van der Waals surface area contributed by atoms with E-state index in [2.05, 4.69) is 15.2 Å². The van der Waals surface area contributed by atoms with Crippen molar-refractivity contribution >= 4 is 11.6 Å².